The summed E-state index contributed by atoms with van der Waals surface area (Å²) in [5.41, 5.74) is 3.62. The Morgan fingerprint density at radius 1 is 1.11 bits per heavy atom. The minimum atomic E-state index is -4.15. The molecule has 1 aliphatic carbocycles. The van der Waals surface area contributed by atoms with Crippen molar-refractivity contribution in [3.8, 4) is 5.75 Å². The standard InChI is InChI=1S/C27H29FN2O5S/c1-3-23(28)17-30(36(32,33)26-9-4-5-14-29-26)24-15-21-7-6-8-22(21)16-25(24)35-18-19-10-12-20(13-11-19)27(31)34-2/h4-5,9-16,23H,3,6-8,17-18H2,1-2H3/t23-/m1/s1. The van der Waals surface area contributed by atoms with E-state index in [-0.39, 0.29) is 24.6 Å². The van der Waals surface area contributed by atoms with Crippen molar-refractivity contribution in [1.82, 2.24) is 4.98 Å². The fourth-order valence-corrected chi connectivity index (χ4v) is 5.59. The van der Waals surface area contributed by atoms with Crippen LogP contribution in [0.1, 0.15) is 46.8 Å². The quantitative estimate of drug-likeness (QED) is 0.360. The summed E-state index contributed by atoms with van der Waals surface area (Å²) in [6.07, 6.45) is 2.85. The van der Waals surface area contributed by atoms with Crippen LogP contribution in [0.2, 0.25) is 0 Å². The van der Waals surface area contributed by atoms with E-state index in [2.05, 4.69) is 4.98 Å². The van der Waals surface area contributed by atoms with Gasteiger partial charge in [0, 0.05) is 6.20 Å². The van der Waals surface area contributed by atoms with Crippen LogP contribution in [0.25, 0.3) is 0 Å². The zero-order valence-corrected chi connectivity index (χ0v) is 21.1. The first-order valence-electron chi connectivity index (χ1n) is 11.9. The smallest absolute Gasteiger partial charge is 0.337 e. The zero-order valence-electron chi connectivity index (χ0n) is 20.3. The number of carbonyl (C=O) groups excluding carboxylic acids is 1. The van der Waals surface area contributed by atoms with Gasteiger partial charge < -0.3 is 9.47 Å². The molecule has 7 nitrogen and oxygen atoms in total. The first-order chi connectivity index (χ1) is 17.3. The molecular formula is C27H29FN2O5S. The van der Waals surface area contributed by atoms with Crippen molar-refractivity contribution < 1.29 is 27.1 Å². The second kappa shape index (κ2) is 11.1. The molecule has 1 atom stereocenters. The summed E-state index contributed by atoms with van der Waals surface area (Å²) in [4.78, 5) is 15.7. The number of aryl methyl sites for hydroxylation is 2. The molecule has 3 aromatic rings. The maximum absolute atomic E-state index is 14.7. The van der Waals surface area contributed by atoms with E-state index in [4.69, 9.17) is 9.47 Å². The third-order valence-corrected chi connectivity index (χ3v) is 7.91. The number of carbonyl (C=O) groups is 1. The highest BCUT2D eigenvalue weighted by atomic mass is 32.2. The van der Waals surface area contributed by atoms with Crippen molar-refractivity contribution in [1.29, 1.82) is 0 Å². The number of ether oxygens (including phenoxy) is 2. The number of alkyl halides is 1. The second-order valence-electron chi connectivity index (χ2n) is 8.63. The number of esters is 1. The molecule has 0 aliphatic heterocycles. The molecule has 4 rings (SSSR count). The molecule has 0 N–H and O–H groups in total. The molecule has 0 bridgehead atoms. The van der Waals surface area contributed by atoms with Gasteiger partial charge in [-0.3, -0.25) is 4.31 Å². The van der Waals surface area contributed by atoms with Gasteiger partial charge >= 0.3 is 5.97 Å². The van der Waals surface area contributed by atoms with Crippen LogP contribution in [0.3, 0.4) is 0 Å². The van der Waals surface area contributed by atoms with Gasteiger partial charge in [-0.1, -0.05) is 25.1 Å². The predicted molar refractivity (Wildman–Crippen MR) is 135 cm³/mol. The summed E-state index contributed by atoms with van der Waals surface area (Å²) in [5.74, 6) is -0.0778. The summed E-state index contributed by atoms with van der Waals surface area (Å²) >= 11 is 0. The van der Waals surface area contributed by atoms with Crippen LogP contribution in [-0.2, 0) is 34.2 Å². The van der Waals surface area contributed by atoms with Crippen LogP contribution in [-0.4, -0.2) is 39.2 Å². The van der Waals surface area contributed by atoms with Crippen molar-refractivity contribution in [2.45, 2.75) is 50.4 Å². The molecule has 0 fully saturated rings. The molecule has 190 valence electrons. The summed E-state index contributed by atoms with van der Waals surface area (Å²) in [6.45, 7) is 1.46. The highest BCUT2D eigenvalue weighted by molar-refractivity contribution is 7.92. The number of aromatic nitrogens is 1. The van der Waals surface area contributed by atoms with E-state index in [1.54, 1.807) is 49.4 Å². The number of hydrogen-bond acceptors (Lipinski definition) is 6. The van der Waals surface area contributed by atoms with Crippen LogP contribution in [0, 0.1) is 0 Å². The molecular weight excluding hydrogens is 483 g/mol. The monoisotopic (exact) mass is 512 g/mol. The number of benzene rings is 2. The van der Waals surface area contributed by atoms with Gasteiger partial charge in [0.15, 0.2) is 5.03 Å². The first kappa shape index (κ1) is 25.6. The lowest BCUT2D eigenvalue weighted by Crippen LogP contribution is -2.37. The number of nitrogens with zero attached hydrogens (tertiary/aromatic N) is 2. The van der Waals surface area contributed by atoms with Crippen LogP contribution >= 0.6 is 0 Å². The number of anilines is 1. The average Bonchev–Trinajstić information content (AvgIpc) is 3.37. The van der Waals surface area contributed by atoms with Crippen molar-refractivity contribution in [2.75, 3.05) is 18.0 Å². The molecule has 2 aromatic carbocycles. The summed E-state index contributed by atoms with van der Waals surface area (Å²) < 4.78 is 53.9. The normalized spacial score (nSPS) is 13.6. The van der Waals surface area contributed by atoms with Gasteiger partial charge in [-0.15, -0.1) is 0 Å². The van der Waals surface area contributed by atoms with Crippen LogP contribution in [0.4, 0.5) is 10.1 Å². The van der Waals surface area contributed by atoms with Gasteiger partial charge in [-0.25, -0.2) is 14.2 Å². The minimum absolute atomic E-state index is 0.136. The number of halogens is 1. The first-order valence-corrected chi connectivity index (χ1v) is 13.3. The maximum Gasteiger partial charge on any atom is 0.337 e. The topological polar surface area (TPSA) is 85.8 Å². The second-order valence-corrected chi connectivity index (χ2v) is 10.4. The van der Waals surface area contributed by atoms with E-state index in [0.29, 0.717) is 17.0 Å². The van der Waals surface area contributed by atoms with Gasteiger partial charge in [-0.05, 0) is 78.8 Å². The lowest BCUT2D eigenvalue weighted by molar-refractivity contribution is 0.0600. The van der Waals surface area contributed by atoms with Crippen molar-refractivity contribution >= 4 is 21.7 Å². The van der Waals surface area contributed by atoms with E-state index < -0.39 is 22.2 Å². The average molecular weight is 513 g/mol. The van der Waals surface area contributed by atoms with Crippen LogP contribution in [0.5, 0.6) is 5.75 Å². The molecule has 1 heterocycles. The van der Waals surface area contributed by atoms with Gasteiger partial charge in [-0.2, -0.15) is 8.42 Å². The minimum Gasteiger partial charge on any atom is -0.487 e. The van der Waals surface area contributed by atoms with Gasteiger partial charge in [0.05, 0.1) is 24.9 Å². The molecule has 9 heteroatoms. The Morgan fingerprint density at radius 2 is 1.83 bits per heavy atom. The van der Waals surface area contributed by atoms with Crippen LogP contribution < -0.4 is 9.04 Å². The highest BCUT2D eigenvalue weighted by Gasteiger charge is 2.32. The maximum atomic E-state index is 14.7. The van der Waals surface area contributed by atoms with Gasteiger partial charge in [0.2, 0.25) is 0 Å². The Kier molecular flexibility index (Phi) is 7.88. The third kappa shape index (κ3) is 5.51. The number of methoxy groups -OCH3 is 1. The molecule has 0 spiro atoms. The molecule has 0 radical (unpaired) electrons. The summed E-state index contributed by atoms with van der Waals surface area (Å²) in [7, 11) is -2.83. The molecule has 1 aromatic heterocycles. The van der Waals surface area contributed by atoms with E-state index in [0.717, 1.165) is 40.3 Å². The Labute approximate surface area is 210 Å². The number of fused-ring (bicyclic) bond motifs is 1. The number of sulfonamides is 1. The summed E-state index contributed by atoms with van der Waals surface area (Å²) in [5, 5.41) is -0.154. The molecule has 0 unspecified atom stereocenters. The fourth-order valence-electron chi connectivity index (χ4n) is 4.16. The van der Waals surface area contributed by atoms with E-state index >= 15 is 0 Å². The number of pyridine rings is 1. The Bertz CT molecular complexity index is 1310. The van der Waals surface area contributed by atoms with E-state index in [9.17, 15) is 17.6 Å². The third-order valence-electron chi connectivity index (χ3n) is 6.21. The van der Waals surface area contributed by atoms with Crippen molar-refractivity contribution in [3.05, 3.63) is 83.0 Å². The molecule has 0 saturated carbocycles. The number of rotatable bonds is 10. The molecule has 0 amide bonds. The predicted octanol–water partition coefficient (Wildman–Crippen LogP) is 4.88. The summed E-state index contributed by atoms with van der Waals surface area (Å²) in [6, 6.07) is 15.1. The van der Waals surface area contributed by atoms with Gasteiger partial charge in [0.25, 0.3) is 10.0 Å². The Balaban J connectivity index is 1.72. The van der Waals surface area contributed by atoms with Gasteiger partial charge in [0.1, 0.15) is 18.5 Å². The Morgan fingerprint density at radius 3 is 2.47 bits per heavy atom. The lowest BCUT2D eigenvalue weighted by atomic mass is 10.1. The SMILES string of the molecule is CC[C@@H](F)CN(c1cc2c(cc1OCc1ccc(C(=O)OC)cc1)CCC2)S(=O)(=O)c1ccccn1. The largest absolute Gasteiger partial charge is 0.487 e. The highest BCUT2D eigenvalue weighted by Crippen LogP contribution is 2.39. The molecule has 36 heavy (non-hydrogen) atoms. The fraction of sp³-hybridized carbons (Fsp3) is 0.333. The van der Waals surface area contributed by atoms with Crippen molar-refractivity contribution in [2.24, 2.45) is 0 Å². The van der Waals surface area contributed by atoms with Crippen molar-refractivity contribution in [3.63, 3.8) is 0 Å². The van der Waals surface area contributed by atoms with Crippen LogP contribution in [0.15, 0.2) is 65.8 Å². The zero-order chi connectivity index (χ0) is 25.7. The van der Waals surface area contributed by atoms with E-state index in [1.807, 2.05) is 6.07 Å². The molecule has 0 saturated heterocycles. The van der Waals surface area contributed by atoms with E-state index in [1.165, 1.54) is 19.4 Å². The number of hydrogen-bond donors (Lipinski definition) is 0. The Hall–Kier alpha value is -3.46. The molecule has 1 aliphatic rings. The lowest BCUT2D eigenvalue weighted by Gasteiger charge is -2.28.